The van der Waals surface area contributed by atoms with Gasteiger partial charge in [-0.05, 0) is 50.2 Å². The van der Waals surface area contributed by atoms with Gasteiger partial charge in [0.2, 0.25) is 0 Å². The van der Waals surface area contributed by atoms with Gasteiger partial charge < -0.3 is 9.47 Å². The molecule has 0 aromatic heterocycles. The molecule has 4 heteroatoms. The largest absolute Gasteiger partial charge is 0.344 e. The van der Waals surface area contributed by atoms with Crippen LogP contribution >= 0.6 is 0 Å². The Morgan fingerprint density at radius 3 is 2.53 bits per heavy atom. The van der Waals surface area contributed by atoms with E-state index in [-0.39, 0.29) is 0 Å². The van der Waals surface area contributed by atoms with Gasteiger partial charge in [0.1, 0.15) is 0 Å². The van der Waals surface area contributed by atoms with E-state index in [2.05, 4.69) is 22.9 Å². The molecule has 4 nitrogen and oxygen atoms in total. The molecule has 0 aromatic carbocycles. The fourth-order valence-electron chi connectivity index (χ4n) is 3.08. The molecule has 1 aliphatic carbocycles. The zero-order chi connectivity index (χ0) is 13.3. The highest BCUT2D eigenvalue weighted by Crippen LogP contribution is 2.37. The van der Waals surface area contributed by atoms with Crippen LogP contribution in [0.2, 0.25) is 0 Å². The van der Waals surface area contributed by atoms with Crippen LogP contribution in [0.1, 0.15) is 39.0 Å². The molecule has 2 heterocycles. The standard InChI is InChI=1S/C15H22N2O2/c1-11(15(2)18-9-10-19-15)5-3-4-6-12-13-7-8-14(12)17-16-13/h6,13-14H,1,3-5,7-10H2,2H3. The maximum Gasteiger partial charge on any atom is 0.187 e. The van der Waals surface area contributed by atoms with Crippen molar-refractivity contribution in [3.63, 3.8) is 0 Å². The first-order valence-corrected chi connectivity index (χ1v) is 7.25. The molecule has 1 saturated carbocycles. The zero-order valence-corrected chi connectivity index (χ0v) is 11.6. The van der Waals surface area contributed by atoms with Crippen LogP contribution in [0.15, 0.2) is 34.0 Å². The van der Waals surface area contributed by atoms with Gasteiger partial charge in [0.25, 0.3) is 0 Å². The van der Waals surface area contributed by atoms with Crippen molar-refractivity contribution >= 4 is 0 Å². The van der Waals surface area contributed by atoms with Crippen LogP contribution in [0.25, 0.3) is 0 Å². The molecule has 3 rings (SSSR count). The first kappa shape index (κ1) is 13.0. The van der Waals surface area contributed by atoms with Gasteiger partial charge in [-0.3, -0.25) is 0 Å². The van der Waals surface area contributed by atoms with Gasteiger partial charge >= 0.3 is 0 Å². The Kier molecular flexibility index (Phi) is 3.54. The fraction of sp³-hybridized carbons (Fsp3) is 0.733. The molecule has 2 fully saturated rings. The lowest BCUT2D eigenvalue weighted by atomic mass is 10.0. The maximum atomic E-state index is 5.61. The molecule has 2 aliphatic heterocycles. The molecule has 0 N–H and O–H groups in total. The molecule has 2 unspecified atom stereocenters. The summed E-state index contributed by atoms with van der Waals surface area (Å²) < 4.78 is 11.2. The number of ether oxygens (including phenoxy) is 2. The zero-order valence-electron chi connectivity index (χ0n) is 11.6. The number of unbranched alkanes of at least 4 members (excludes halogenated alkanes) is 1. The lowest BCUT2D eigenvalue weighted by Gasteiger charge is -2.24. The highest BCUT2D eigenvalue weighted by Gasteiger charge is 2.35. The van der Waals surface area contributed by atoms with Gasteiger partial charge in [0.05, 0.1) is 25.3 Å². The number of allylic oxidation sites excluding steroid dienone is 1. The number of rotatable bonds is 5. The molecule has 2 bridgehead atoms. The Morgan fingerprint density at radius 2 is 1.95 bits per heavy atom. The van der Waals surface area contributed by atoms with Crippen LogP contribution in [0.4, 0.5) is 0 Å². The van der Waals surface area contributed by atoms with Crippen molar-refractivity contribution in [1.29, 1.82) is 0 Å². The minimum absolute atomic E-state index is 0.396. The summed E-state index contributed by atoms with van der Waals surface area (Å²) in [5.74, 6) is -0.551. The third-order valence-corrected chi connectivity index (χ3v) is 4.37. The number of nitrogens with zero attached hydrogens (tertiary/aromatic N) is 2. The Balaban J connectivity index is 1.44. The second-order valence-electron chi connectivity index (χ2n) is 5.68. The van der Waals surface area contributed by atoms with Crippen molar-refractivity contribution in [2.45, 2.75) is 56.9 Å². The summed E-state index contributed by atoms with van der Waals surface area (Å²) in [6.45, 7) is 7.43. The Morgan fingerprint density at radius 1 is 1.32 bits per heavy atom. The van der Waals surface area contributed by atoms with Gasteiger partial charge in [0, 0.05) is 0 Å². The van der Waals surface area contributed by atoms with E-state index in [9.17, 15) is 0 Å². The van der Waals surface area contributed by atoms with Crippen LogP contribution in [-0.2, 0) is 9.47 Å². The van der Waals surface area contributed by atoms with E-state index in [0.29, 0.717) is 25.3 Å². The third kappa shape index (κ3) is 2.51. The van der Waals surface area contributed by atoms with Gasteiger partial charge in [-0.25, -0.2) is 0 Å². The van der Waals surface area contributed by atoms with E-state index in [1.807, 2.05) is 6.92 Å². The summed E-state index contributed by atoms with van der Waals surface area (Å²) >= 11 is 0. The first-order chi connectivity index (χ1) is 9.19. The average molecular weight is 262 g/mol. The van der Waals surface area contributed by atoms with Crippen molar-refractivity contribution in [3.05, 3.63) is 23.8 Å². The van der Waals surface area contributed by atoms with E-state index in [1.54, 1.807) is 0 Å². The Labute approximate surface area is 114 Å². The predicted molar refractivity (Wildman–Crippen MR) is 73.0 cm³/mol. The number of hydrogen-bond donors (Lipinski definition) is 0. The van der Waals surface area contributed by atoms with Crippen LogP contribution in [-0.4, -0.2) is 31.1 Å². The fourth-order valence-corrected chi connectivity index (χ4v) is 3.08. The van der Waals surface area contributed by atoms with Crippen LogP contribution in [0.5, 0.6) is 0 Å². The summed E-state index contributed by atoms with van der Waals surface area (Å²) in [5, 5.41) is 8.54. The topological polar surface area (TPSA) is 43.2 Å². The van der Waals surface area contributed by atoms with E-state index in [4.69, 9.17) is 9.47 Å². The second kappa shape index (κ2) is 5.17. The summed E-state index contributed by atoms with van der Waals surface area (Å²) in [4.78, 5) is 0. The van der Waals surface area contributed by atoms with Crippen molar-refractivity contribution < 1.29 is 9.47 Å². The predicted octanol–water partition coefficient (Wildman–Crippen LogP) is 3.40. The Bertz CT molecular complexity index is 406. The second-order valence-corrected chi connectivity index (χ2v) is 5.68. The highest BCUT2D eigenvalue weighted by atomic mass is 16.7. The first-order valence-electron chi connectivity index (χ1n) is 7.25. The number of fused-ring (bicyclic) bond motifs is 2. The molecular weight excluding hydrogens is 240 g/mol. The van der Waals surface area contributed by atoms with Gasteiger partial charge in [-0.15, -0.1) is 0 Å². The van der Waals surface area contributed by atoms with E-state index < -0.39 is 5.79 Å². The van der Waals surface area contributed by atoms with Crippen LogP contribution in [0, 0.1) is 0 Å². The van der Waals surface area contributed by atoms with Crippen molar-refractivity contribution in [3.8, 4) is 0 Å². The molecule has 2 atom stereocenters. The number of azo groups is 1. The third-order valence-electron chi connectivity index (χ3n) is 4.37. The summed E-state index contributed by atoms with van der Waals surface area (Å²) in [7, 11) is 0. The number of hydrogen-bond acceptors (Lipinski definition) is 4. The summed E-state index contributed by atoms with van der Waals surface area (Å²) in [6, 6.07) is 0.791. The smallest absolute Gasteiger partial charge is 0.187 e. The molecule has 3 aliphatic rings. The summed E-state index contributed by atoms with van der Waals surface area (Å²) in [6.07, 6.45) is 7.82. The maximum absolute atomic E-state index is 5.61. The summed E-state index contributed by atoms with van der Waals surface area (Å²) in [5.41, 5.74) is 2.50. The molecule has 0 radical (unpaired) electrons. The molecule has 0 amide bonds. The van der Waals surface area contributed by atoms with Gasteiger partial charge in [-0.2, -0.15) is 10.2 Å². The highest BCUT2D eigenvalue weighted by molar-refractivity contribution is 5.26. The Hall–Kier alpha value is -1.00. The van der Waals surface area contributed by atoms with E-state index in [0.717, 1.165) is 24.8 Å². The molecule has 104 valence electrons. The normalized spacial score (nSPS) is 31.1. The van der Waals surface area contributed by atoms with Crippen LogP contribution in [0.3, 0.4) is 0 Å². The van der Waals surface area contributed by atoms with Crippen molar-refractivity contribution in [2.24, 2.45) is 10.2 Å². The minimum Gasteiger partial charge on any atom is -0.344 e. The van der Waals surface area contributed by atoms with E-state index >= 15 is 0 Å². The van der Waals surface area contributed by atoms with Gasteiger partial charge in [-0.1, -0.05) is 12.7 Å². The van der Waals surface area contributed by atoms with Crippen molar-refractivity contribution in [2.75, 3.05) is 13.2 Å². The average Bonchev–Trinajstić information content (AvgIpc) is 3.11. The molecule has 19 heavy (non-hydrogen) atoms. The minimum atomic E-state index is -0.551. The SMILES string of the molecule is C=C(CCCC=C1C2CCC1N=N2)C1(C)OCCO1. The van der Waals surface area contributed by atoms with Crippen LogP contribution < -0.4 is 0 Å². The van der Waals surface area contributed by atoms with Crippen molar-refractivity contribution in [1.82, 2.24) is 0 Å². The molecular formula is C15H22N2O2. The van der Waals surface area contributed by atoms with Gasteiger partial charge in [0.15, 0.2) is 5.79 Å². The monoisotopic (exact) mass is 262 g/mol. The lowest BCUT2D eigenvalue weighted by Crippen LogP contribution is -2.27. The molecule has 1 saturated heterocycles. The quantitative estimate of drug-likeness (QED) is 0.563. The molecule has 0 aromatic rings. The molecule has 0 spiro atoms. The lowest BCUT2D eigenvalue weighted by molar-refractivity contribution is -0.111. The van der Waals surface area contributed by atoms with E-state index in [1.165, 1.54) is 18.4 Å².